The van der Waals surface area contributed by atoms with Crippen LogP contribution in [0.4, 0.5) is 11.4 Å². The smallest absolute Gasteiger partial charge is 0.294 e. The first-order chi connectivity index (χ1) is 9.60. The van der Waals surface area contributed by atoms with Crippen LogP contribution in [0.2, 0.25) is 5.02 Å². The lowest BCUT2D eigenvalue weighted by atomic mass is 10.00. The molecule has 2 aliphatic heterocycles. The van der Waals surface area contributed by atoms with Crippen molar-refractivity contribution in [2.24, 2.45) is 0 Å². The van der Waals surface area contributed by atoms with Crippen LogP contribution >= 0.6 is 11.6 Å². The van der Waals surface area contributed by atoms with Crippen LogP contribution in [0.5, 0.6) is 0 Å². The Hall–Kier alpha value is -1.37. The molecule has 0 aliphatic carbocycles. The van der Waals surface area contributed by atoms with Crippen molar-refractivity contribution < 1.29 is 14.4 Å². The molecule has 1 atom stereocenters. The number of rotatable bonds is 2. The lowest BCUT2D eigenvalue weighted by Crippen LogP contribution is -2.52. The van der Waals surface area contributed by atoms with Gasteiger partial charge in [-0.15, -0.1) is 0 Å². The number of morpholine rings is 1. The van der Waals surface area contributed by atoms with Gasteiger partial charge in [-0.2, -0.15) is 0 Å². The van der Waals surface area contributed by atoms with Crippen molar-refractivity contribution in [3.8, 4) is 0 Å². The fourth-order valence-corrected chi connectivity index (χ4v) is 2.95. The number of ether oxygens (including phenoxy) is 2. The van der Waals surface area contributed by atoms with Crippen molar-refractivity contribution in [2.75, 3.05) is 37.8 Å². The van der Waals surface area contributed by atoms with E-state index in [9.17, 15) is 10.1 Å². The van der Waals surface area contributed by atoms with Crippen molar-refractivity contribution >= 4 is 23.0 Å². The molecular formula is C13H15ClN2O4. The summed E-state index contributed by atoms with van der Waals surface area (Å²) in [6.07, 6.45) is 0.824. The SMILES string of the molecule is O=[N+]([O-])c1cc(Cl)ccc1N1CCOC2(CCOC2)C1. The Morgan fingerprint density at radius 3 is 2.95 bits per heavy atom. The van der Waals surface area contributed by atoms with E-state index in [0.717, 1.165) is 6.42 Å². The highest BCUT2D eigenvalue weighted by molar-refractivity contribution is 6.30. The molecule has 0 aromatic heterocycles. The molecule has 20 heavy (non-hydrogen) atoms. The number of nitro groups is 1. The Morgan fingerprint density at radius 2 is 2.25 bits per heavy atom. The predicted octanol–water partition coefficient (Wildman–Crippen LogP) is 2.24. The standard InChI is InChI=1S/C13H15ClN2O4/c14-10-1-2-11(12(7-10)16(17)18)15-4-6-20-13(8-15)3-5-19-9-13/h1-2,7H,3-6,8-9H2. The highest BCUT2D eigenvalue weighted by atomic mass is 35.5. The van der Waals surface area contributed by atoms with Gasteiger partial charge in [0.25, 0.3) is 5.69 Å². The number of hydrogen-bond acceptors (Lipinski definition) is 5. The third kappa shape index (κ3) is 2.46. The molecule has 6 nitrogen and oxygen atoms in total. The predicted molar refractivity (Wildman–Crippen MR) is 74.4 cm³/mol. The summed E-state index contributed by atoms with van der Waals surface area (Å²) in [5.74, 6) is 0. The zero-order chi connectivity index (χ0) is 14.2. The van der Waals surface area contributed by atoms with Crippen LogP contribution in [0.25, 0.3) is 0 Å². The van der Waals surface area contributed by atoms with Gasteiger partial charge < -0.3 is 14.4 Å². The molecule has 1 unspecified atom stereocenters. The van der Waals surface area contributed by atoms with Crippen LogP contribution in [-0.2, 0) is 9.47 Å². The van der Waals surface area contributed by atoms with Crippen molar-refractivity contribution in [3.05, 3.63) is 33.3 Å². The first-order valence-electron chi connectivity index (χ1n) is 6.50. The van der Waals surface area contributed by atoms with Gasteiger partial charge in [-0.25, -0.2) is 0 Å². The van der Waals surface area contributed by atoms with Gasteiger partial charge in [-0.05, 0) is 12.1 Å². The Morgan fingerprint density at radius 1 is 1.40 bits per heavy atom. The van der Waals surface area contributed by atoms with Gasteiger partial charge in [0.05, 0.1) is 18.1 Å². The minimum Gasteiger partial charge on any atom is -0.378 e. The Kier molecular flexibility index (Phi) is 3.54. The lowest BCUT2D eigenvalue weighted by molar-refractivity contribution is -0.384. The second-order valence-electron chi connectivity index (χ2n) is 5.15. The van der Waals surface area contributed by atoms with Crippen molar-refractivity contribution in [3.63, 3.8) is 0 Å². The first-order valence-corrected chi connectivity index (χ1v) is 6.88. The van der Waals surface area contributed by atoms with Gasteiger partial charge in [0.2, 0.25) is 0 Å². The largest absolute Gasteiger partial charge is 0.378 e. The molecule has 0 radical (unpaired) electrons. The van der Waals surface area contributed by atoms with Crippen molar-refractivity contribution in [2.45, 2.75) is 12.0 Å². The molecule has 3 rings (SSSR count). The maximum Gasteiger partial charge on any atom is 0.294 e. The van der Waals surface area contributed by atoms with E-state index in [2.05, 4.69) is 0 Å². The first kappa shape index (κ1) is 13.6. The molecule has 2 aliphatic rings. The van der Waals surface area contributed by atoms with E-state index in [1.165, 1.54) is 6.07 Å². The highest BCUT2D eigenvalue weighted by Gasteiger charge is 2.41. The summed E-state index contributed by atoms with van der Waals surface area (Å²) in [6.45, 7) is 3.00. The highest BCUT2D eigenvalue weighted by Crippen LogP contribution is 2.35. The zero-order valence-electron chi connectivity index (χ0n) is 10.9. The average Bonchev–Trinajstić information content (AvgIpc) is 2.86. The minimum absolute atomic E-state index is 0.0356. The molecule has 0 bridgehead atoms. The van der Waals surface area contributed by atoms with Gasteiger partial charge in [0.1, 0.15) is 11.3 Å². The summed E-state index contributed by atoms with van der Waals surface area (Å²) in [5.41, 5.74) is 0.300. The van der Waals surface area contributed by atoms with Crippen LogP contribution in [0.15, 0.2) is 18.2 Å². The van der Waals surface area contributed by atoms with Gasteiger partial charge in [0, 0.05) is 37.2 Å². The molecule has 108 valence electrons. The number of hydrogen-bond donors (Lipinski definition) is 0. The summed E-state index contributed by atoms with van der Waals surface area (Å²) < 4.78 is 11.3. The van der Waals surface area contributed by atoms with Crippen LogP contribution in [0.3, 0.4) is 0 Å². The molecule has 2 heterocycles. The number of anilines is 1. The maximum absolute atomic E-state index is 11.2. The Balaban J connectivity index is 1.90. The second kappa shape index (κ2) is 5.20. The van der Waals surface area contributed by atoms with E-state index < -0.39 is 4.92 Å². The van der Waals surface area contributed by atoms with Crippen LogP contribution in [0.1, 0.15) is 6.42 Å². The van der Waals surface area contributed by atoms with E-state index in [4.69, 9.17) is 21.1 Å². The van der Waals surface area contributed by atoms with Crippen molar-refractivity contribution in [1.82, 2.24) is 0 Å². The van der Waals surface area contributed by atoms with E-state index in [0.29, 0.717) is 43.6 Å². The Labute approximate surface area is 121 Å². The van der Waals surface area contributed by atoms with Crippen LogP contribution < -0.4 is 4.90 Å². The number of nitrogens with zero attached hydrogens (tertiary/aromatic N) is 2. The molecule has 7 heteroatoms. The molecular weight excluding hydrogens is 284 g/mol. The summed E-state index contributed by atoms with van der Waals surface area (Å²) in [4.78, 5) is 12.8. The van der Waals surface area contributed by atoms with E-state index in [1.807, 2.05) is 4.90 Å². The normalized spacial score (nSPS) is 26.1. The summed E-state index contributed by atoms with van der Waals surface area (Å²) >= 11 is 5.85. The second-order valence-corrected chi connectivity index (χ2v) is 5.58. The molecule has 1 aromatic rings. The minimum atomic E-state index is -0.394. The van der Waals surface area contributed by atoms with Gasteiger partial charge in [-0.1, -0.05) is 11.6 Å². The molecule has 1 spiro atoms. The zero-order valence-corrected chi connectivity index (χ0v) is 11.6. The van der Waals surface area contributed by atoms with Gasteiger partial charge in [-0.3, -0.25) is 10.1 Å². The van der Waals surface area contributed by atoms with Crippen LogP contribution in [0, 0.1) is 10.1 Å². The quantitative estimate of drug-likeness (QED) is 0.619. The molecule has 2 saturated heterocycles. The average molecular weight is 299 g/mol. The fraction of sp³-hybridized carbons (Fsp3) is 0.538. The molecule has 1 aromatic carbocycles. The lowest BCUT2D eigenvalue weighted by Gasteiger charge is -2.40. The monoisotopic (exact) mass is 298 g/mol. The molecule has 0 amide bonds. The summed E-state index contributed by atoms with van der Waals surface area (Å²) in [7, 11) is 0. The van der Waals surface area contributed by atoms with Crippen LogP contribution in [-0.4, -0.2) is 43.4 Å². The Bertz CT molecular complexity index is 531. The number of halogens is 1. The number of benzene rings is 1. The van der Waals surface area contributed by atoms with Gasteiger partial charge >= 0.3 is 0 Å². The topological polar surface area (TPSA) is 64.8 Å². The van der Waals surface area contributed by atoms with E-state index in [1.54, 1.807) is 12.1 Å². The summed E-state index contributed by atoms with van der Waals surface area (Å²) in [6, 6.07) is 4.77. The van der Waals surface area contributed by atoms with Crippen molar-refractivity contribution in [1.29, 1.82) is 0 Å². The number of nitro benzene ring substituents is 1. The third-order valence-electron chi connectivity index (χ3n) is 3.79. The van der Waals surface area contributed by atoms with E-state index in [-0.39, 0.29) is 11.3 Å². The third-order valence-corrected chi connectivity index (χ3v) is 4.03. The molecule has 0 N–H and O–H groups in total. The molecule has 0 saturated carbocycles. The maximum atomic E-state index is 11.2. The fourth-order valence-electron chi connectivity index (χ4n) is 2.79. The van der Waals surface area contributed by atoms with Gasteiger partial charge in [0.15, 0.2) is 0 Å². The molecule has 2 fully saturated rings. The van der Waals surface area contributed by atoms with E-state index >= 15 is 0 Å². The summed E-state index contributed by atoms with van der Waals surface area (Å²) in [5, 5.41) is 11.6.